The van der Waals surface area contributed by atoms with Crippen molar-refractivity contribution in [3.63, 3.8) is 0 Å². The second kappa shape index (κ2) is 4.71. The van der Waals surface area contributed by atoms with Crippen molar-refractivity contribution in [2.75, 3.05) is 6.61 Å². The molecule has 1 heterocycles. The van der Waals surface area contributed by atoms with E-state index in [9.17, 15) is 4.79 Å². The first-order valence-corrected chi connectivity index (χ1v) is 5.40. The lowest BCUT2D eigenvalue weighted by Gasteiger charge is -2.03. The predicted octanol–water partition coefficient (Wildman–Crippen LogP) is 1.81. The highest BCUT2D eigenvalue weighted by atomic mass is 16.5. The Hall–Kier alpha value is -2.28. The average Bonchev–Trinajstić information content (AvgIpc) is 2.73. The third-order valence-corrected chi connectivity index (χ3v) is 2.63. The largest absolute Gasteiger partial charge is 0.501 e. The maximum absolute atomic E-state index is 11.6. The summed E-state index contributed by atoms with van der Waals surface area (Å²) < 4.78 is 5.13. The third kappa shape index (κ3) is 2.00. The van der Waals surface area contributed by atoms with Crippen LogP contribution in [0.1, 0.15) is 34.0 Å². The number of carbonyl (C=O) groups is 1. The molecular weight excluding hydrogens is 216 g/mol. The topological polar surface area (TPSA) is 62.1 Å². The minimum Gasteiger partial charge on any atom is -0.501 e. The summed E-state index contributed by atoms with van der Waals surface area (Å²) in [5, 5.41) is 11.7. The van der Waals surface area contributed by atoms with Crippen LogP contribution in [0.25, 0.3) is 6.08 Å². The molecule has 1 amide bonds. The summed E-state index contributed by atoms with van der Waals surface area (Å²) in [7, 11) is 0. The summed E-state index contributed by atoms with van der Waals surface area (Å²) in [6.45, 7) is 2.97. The molecule has 0 fully saturated rings. The van der Waals surface area contributed by atoms with Crippen LogP contribution in [-0.4, -0.2) is 12.5 Å². The number of ether oxygens (including phenoxy) is 1. The smallest absolute Gasteiger partial charge is 0.253 e. The van der Waals surface area contributed by atoms with Gasteiger partial charge >= 0.3 is 0 Å². The van der Waals surface area contributed by atoms with Gasteiger partial charge in [-0.05, 0) is 30.2 Å². The molecule has 0 saturated heterocycles. The molecule has 17 heavy (non-hydrogen) atoms. The van der Waals surface area contributed by atoms with Gasteiger partial charge in [0, 0.05) is 6.54 Å². The Morgan fingerprint density at radius 2 is 2.41 bits per heavy atom. The lowest BCUT2D eigenvalue weighted by atomic mass is 9.98. The first-order valence-electron chi connectivity index (χ1n) is 5.40. The van der Waals surface area contributed by atoms with Crippen LogP contribution in [0.2, 0.25) is 0 Å². The average molecular weight is 228 g/mol. The summed E-state index contributed by atoms with van der Waals surface area (Å²) in [5.74, 6) is -0.178. The number of nitrogens with zero attached hydrogens (tertiary/aromatic N) is 1. The number of carbonyl (C=O) groups excluding carboxylic acids is 1. The number of fused-ring (bicyclic) bond motifs is 1. The molecule has 0 saturated carbocycles. The standard InChI is InChI=1S/C13H12N2O2/c1-2-17-6-5-9-3-4-10(7-14)12-11(9)8-15-13(12)16/h3-6H,2,8H2,1H3,(H,15,16)/b6-5+. The van der Waals surface area contributed by atoms with E-state index in [-0.39, 0.29) is 5.91 Å². The Bertz CT molecular complexity index is 527. The van der Waals surface area contributed by atoms with Gasteiger partial charge in [-0.1, -0.05) is 6.07 Å². The minimum atomic E-state index is -0.178. The summed E-state index contributed by atoms with van der Waals surface area (Å²) >= 11 is 0. The van der Waals surface area contributed by atoms with Crippen molar-refractivity contribution in [2.24, 2.45) is 0 Å². The highest BCUT2D eigenvalue weighted by molar-refractivity contribution is 6.01. The van der Waals surface area contributed by atoms with Crippen LogP contribution in [0.4, 0.5) is 0 Å². The van der Waals surface area contributed by atoms with Gasteiger partial charge in [0.2, 0.25) is 0 Å². The third-order valence-electron chi connectivity index (χ3n) is 2.63. The van der Waals surface area contributed by atoms with Gasteiger partial charge in [-0.15, -0.1) is 0 Å². The van der Waals surface area contributed by atoms with E-state index in [2.05, 4.69) is 5.32 Å². The molecule has 86 valence electrons. The molecule has 1 aromatic carbocycles. The zero-order valence-corrected chi connectivity index (χ0v) is 9.49. The molecule has 1 aliphatic heterocycles. The maximum Gasteiger partial charge on any atom is 0.253 e. The fraction of sp³-hybridized carbons (Fsp3) is 0.231. The van der Waals surface area contributed by atoms with Crippen LogP contribution >= 0.6 is 0 Å². The SMILES string of the molecule is CCO/C=C/c1ccc(C#N)c2c1CNC2=O. The molecule has 0 aliphatic carbocycles. The summed E-state index contributed by atoms with van der Waals surface area (Å²) in [6.07, 6.45) is 3.41. The number of hydrogen-bond donors (Lipinski definition) is 1. The van der Waals surface area contributed by atoms with Crippen LogP contribution in [0.15, 0.2) is 18.4 Å². The van der Waals surface area contributed by atoms with Gasteiger partial charge in [-0.2, -0.15) is 5.26 Å². The first-order chi connectivity index (χ1) is 8.27. The van der Waals surface area contributed by atoms with E-state index in [1.807, 2.05) is 25.1 Å². The van der Waals surface area contributed by atoms with Crippen molar-refractivity contribution in [1.29, 1.82) is 5.26 Å². The van der Waals surface area contributed by atoms with Gasteiger partial charge in [0.25, 0.3) is 5.91 Å². The summed E-state index contributed by atoms with van der Waals surface area (Å²) in [6, 6.07) is 5.52. The summed E-state index contributed by atoms with van der Waals surface area (Å²) in [4.78, 5) is 11.6. The van der Waals surface area contributed by atoms with Crippen LogP contribution in [0.3, 0.4) is 0 Å². The van der Waals surface area contributed by atoms with Gasteiger partial charge in [0.15, 0.2) is 0 Å². The van der Waals surface area contributed by atoms with Gasteiger partial charge in [-0.25, -0.2) is 0 Å². The van der Waals surface area contributed by atoms with E-state index < -0.39 is 0 Å². The van der Waals surface area contributed by atoms with Crippen molar-refractivity contribution < 1.29 is 9.53 Å². The van der Waals surface area contributed by atoms with Gasteiger partial charge in [-0.3, -0.25) is 4.79 Å². The van der Waals surface area contributed by atoms with Crippen molar-refractivity contribution in [1.82, 2.24) is 5.32 Å². The molecule has 4 nitrogen and oxygen atoms in total. The van der Waals surface area contributed by atoms with Gasteiger partial charge < -0.3 is 10.1 Å². The fourth-order valence-electron chi connectivity index (χ4n) is 1.84. The van der Waals surface area contributed by atoms with E-state index in [0.29, 0.717) is 24.3 Å². The van der Waals surface area contributed by atoms with Crippen LogP contribution < -0.4 is 5.32 Å². The van der Waals surface area contributed by atoms with E-state index >= 15 is 0 Å². The number of nitriles is 1. The van der Waals surface area contributed by atoms with Crippen LogP contribution in [0, 0.1) is 11.3 Å². The molecule has 0 radical (unpaired) electrons. The molecule has 0 atom stereocenters. The zero-order valence-electron chi connectivity index (χ0n) is 9.49. The van der Waals surface area contributed by atoms with Gasteiger partial charge in [0.1, 0.15) is 0 Å². The fourth-order valence-corrected chi connectivity index (χ4v) is 1.84. The second-order valence-corrected chi connectivity index (χ2v) is 3.61. The Kier molecular flexibility index (Phi) is 3.10. The number of nitrogens with one attached hydrogen (secondary N) is 1. The Morgan fingerprint density at radius 3 is 3.12 bits per heavy atom. The molecule has 1 N–H and O–H groups in total. The van der Waals surface area contributed by atoms with E-state index in [4.69, 9.17) is 10.00 Å². The normalized spacial score (nSPS) is 13.3. The molecule has 0 spiro atoms. The Balaban J connectivity index is 2.45. The lowest BCUT2D eigenvalue weighted by Crippen LogP contribution is -2.13. The zero-order chi connectivity index (χ0) is 12.3. The highest BCUT2D eigenvalue weighted by Gasteiger charge is 2.24. The van der Waals surface area contributed by atoms with E-state index in [0.717, 1.165) is 11.1 Å². The Labute approximate surface area is 99.5 Å². The van der Waals surface area contributed by atoms with Gasteiger partial charge in [0.05, 0.1) is 30.1 Å². The molecule has 2 rings (SSSR count). The first kappa shape index (κ1) is 11.2. The molecule has 0 unspecified atom stereocenters. The number of rotatable bonds is 3. The minimum absolute atomic E-state index is 0.178. The number of benzene rings is 1. The summed E-state index contributed by atoms with van der Waals surface area (Å²) in [5.41, 5.74) is 2.69. The van der Waals surface area contributed by atoms with Crippen molar-refractivity contribution in [2.45, 2.75) is 13.5 Å². The lowest BCUT2D eigenvalue weighted by molar-refractivity contribution is 0.0965. The predicted molar refractivity (Wildman–Crippen MR) is 63.0 cm³/mol. The second-order valence-electron chi connectivity index (χ2n) is 3.61. The molecular formula is C13H12N2O2. The van der Waals surface area contributed by atoms with E-state index in [1.165, 1.54) is 0 Å². The number of hydrogen-bond acceptors (Lipinski definition) is 3. The monoisotopic (exact) mass is 228 g/mol. The van der Waals surface area contributed by atoms with Crippen molar-refractivity contribution in [3.8, 4) is 6.07 Å². The maximum atomic E-state index is 11.6. The highest BCUT2D eigenvalue weighted by Crippen LogP contribution is 2.24. The van der Waals surface area contributed by atoms with E-state index in [1.54, 1.807) is 12.3 Å². The van der Waals surface area contributed by atoms with Crippen molar-refractivity contribution >= 4 is 12.0 Å². The quantitative estimate of drug-likeness (QED) is 0.802. The molecule has 0 aromatic heterocycles. The molecule has 4 heteroatoms. The number of amides is 1. The molecule has 1 aliphatic rings. The van der Waals surface area contributed by atoms with Crippen LogP contribution in [-0.2, 0) is 11.3 Å². The molecule has 1 aromatic rings. The molecule has 0 bridgehead atoms. The van der Waals surface area contributed by atoms with Crippen LogP contribution in [0.5, 0.6) is 0 Å². The van der Waals surface area contributed by atoms with Crippen molar-refractivity contribution in [3.05, 3.63) is 40.6 Å². The Morgan fingerprint density at radius 1 is 1.59 bits per heavy atom.